The molecule has 2 aromatic carbocycles. The van der Waals surface area contributed by atoms with Crippen molar-refractivity contribution in [3.63, 3.8) is 0 Å². The van der Waals surface area contributed by atoms with Gasteiger partial charge in [0.15, 0.2) is 17.1 Å². The zero-order chi connectivity index (χ0) is 23.6. The topological polar surface area (TPSA) is 24.7 Å². The van der Waals surface area contributed by atoms with Crippen LogP contribution in [0.3, 0.4) is 0 Å². The van der Waals surface area contributed by atoms with Crippen molar-refractivity contribution in [3.05, 3.63) is 134 Å². The predicted octanol–water partition coefficient (Wildman–Crippen LogP) is 1.27. The summed E-state index contributed by atoms with van der Waals surface area (Å²) in [7, 11) is 0. The Bertz CT molecular complexity index is 1330. The summed E-state index contributed by atoms with van der Waals surface area (Å²) in [6.45, 7) is 0. The van der Waals surface area contributed by atoms with Crippen LogP contribution in [0.1, 0.15) is 11.1 Å². The number of benzene rings is 2. The maximum absolute atomic E-state index is 5.96. The van der Waals surface area contributed by atoms with E-state index in [0.29, 0.717) is 0 Å². The molecule has 2 aromatic rings. The maximum atomic E-state index is 5.96. The largest absolute Gasteiger partial charge is 1.00 e. The fourth-order valence-electron chi connectivity index (χ4n) is 2.95. The number of thioether (sulfide) groups is 1. The van der Waals surface area contributed by atoms with Crippen molar-refractivity contribution in [2.45, 2.75) is 0 Å². The Labute approximate surface area is 296 Å². The van der Waals surface area contributed by atoms with Crippen LogP contribution in [-0.4, -0.2) is 28.8 Å². The summed E-state index contributed by atoms with van der Waals surface area (Å²) < 4.78 is 0. The molecule has 2 radical (unpaired) electrons. The molecule has 0 aliphatic heterocycles. The molecule has 2 nitrogen and oxygen atoms in total. The molecule has 0 bridgehead atoms. The van der Waals surface area contributed by atoms with Crippen molar-refractivity contribution in [2.24, 2.45) is 9.98 Å². The normalized spacial score (nSPS) is 14.5. The van der Waals surface area contributed by atoms with E-state index in [4.69, 9.17) is 23.2 Å². The second-order valence-corrected chi connectivity index (χ2v) is 10.3. The Morgan fingerprint density at radius 3 is 2.08 bits per heavy atom. The van der Waals surface area contributed by atoms with Gasteiger partial charge >= 0.3 is 55.3 Å². The minimum Gasteiger partial charge on any atom is -1.00 e. The first-order valence-corrected chi connectivity index (χ1v) is 13.3. The fraction of sp³-hybridized carbons (Fsp3) is 0.0714. The van der Waals surface area contributed by atoms with Crippen LogP contribution < -0.4 is 24.8 Å². The molecule has 10 heteroatoms. The van der Waals surface area contributed by atoms with Crippen molar-refractivity contribution in [2.75, 3.05) is 11.5 Å². The van der Waals surface area contributed by atoms with Gasteiger partial charge in [-0.15, -0.1) is 24.3 Å². The van der Waals surface area contributed by atoms with Gasteiger partial charge in [-0.3, -0.25) is 15.7 Å². The van der Waals surface area contributed by atoms with Crippen LogP contribution in [0.15, 0.2) is 117 Å². The number of halogens is 4. The molecule has 0 aromatic heterocycles. The molecular formula is C28H20Cl4Hg2N2S2. The van der Waals surface area contributed by atoms with Crippen molar-refractivity contribution < 1.29 is 80.2 Å². The van der Waals surface area contributed by atoms with E-state index < -0.39 is 0 Å². The summed E-state index contributed by atoms with van der Waals surface area (Å²) in [4.78, 5) is 11.5. The van der Waals surface area contributed by atoms with Crippen LogP contribution in [0.2, 0.25) is 10.0 Å². The molecule has 2 aliphatic rings. The molecule has 38 heavy (non-hydrogen) atoms. The molecule has 0 unspecified atom stereocenters. The van der Waals surface area contributed by atoms with Crippen molar-refractivity contribution >= 4 is 63.6 Å². The summed E-state index contributed by atoms with van der Waals surface area (Å²) in [6, 6.07) is 15.3. The molecule has 0 heterocycles. The Morgan fingerprint density at radius 1 is 0.842 bits per heavy atom. The van der Waals surface area contributed by atoms with E-state index in [9.17, 15) is 0 Å². The van der Waals surface area contributed by atoms with Crippen LogP contribution in [0.25, 0.3) is 0 Å². The third kappa shape index (κ3) is 12.4. The third-order valence-electron chi connectivity index (χ3n) is 4.65. The zero-order valence-corrected chi connectivity index (χ0v) is 35.9. The first kappa shape index (κ1) is 37.6. The minimum atomic E-state index is 0. The first-order chi connectivity index (χ1) is 16.7. The Hall–Kier alpha value is -0.360. The number of nitrogens with zero attached hydrogens (tertiary/aromatic N) is 2. The molecule has 0 N–H and O–H groups in total. The van der Waals surface area contributed by atoms with Gasteiger partial charge < -0.3 is 24.8 Å². The van der Waals surface area contributed by atoms with E-state index >= 15 is 0 Å². The second-order valence-electron chi connectivity index (χ2n) is 7.10. The molecular weight excluding hydrogens is 971 g/mol. The average Bonchev–Trinajstić information content (AvgIpc) is 2.87. The number of hydrogen-bond donors (Lipinski definition) is 0. The quantitative estimate of drug-likeness (QED) is 0.0746. The molecule has 186 valence electrons. The summed E-state index contributed by atoms with van der Waals surface area (Å²) in [5.74, 6) is 1.86. The predicted molar refractivity (Wildman–Crippen MR) is 153 cm³/mol. The van der Waals surface area contributed by atoms with Gasteiger partial charge in [-0.1, -0.05) is 52.4 Å². The van der Waals surface area contributed by atoms with E-state index in [1.54, 1.807) is 23.1 Å². The van der Waals surface area contributed by atoms with Crippen LogP contribution in [0.4, 0.5) is 0 Å². The minimum absolute atomic E-state index is 0. The molecule has 0 saturated carbocycles. The van der Waals surface area contributed by atoms with Crippen LogP contribution in [-0.2, 0) is 66.7 Å². The fourth-order valence-corrected chi connectivity index (χ4v) is 5.15. The van der Waals surface area contributed by atoms with E-state index in [1.165, 1.54) is 0 Å². The second kappa shape index (κ2) is 20.5. The van der Waals surface area contributed by atoms with Crippen molar-refractivity contribution in [1.29, 1.82) is 0 Å². The molecule has 4 rings (SSSR count). The maximum Gasteiger partial charge on any atom is 1.00 e. The zero-order valence-electron chi connectivity index (χ0n) is 20.3. The average molecular weight is 992 g/mol. The van der Waals surface area contributed by atoms with Crippen LogP contribution in [0, 0.1) is 6.42 Å². The van der Waals surface area contributed by atoms with Crippen molar-refractivity contribution in [3.8, 4) is 0 Å². The van der Waals surface area contributed by atoms with Gasteiger partial charge in [-0.25, -0.2) is 0 Å². The monoisotopic (exact) mass is 992 g/mol. The Morgan fingerprint density at radius 2 is 1.45 bits per heavy atom. The van der Waals surface area contributed by atoms with Gasteiger partial charge in [0.2, 0.25) is 0 Å². The van der Waals surface area contributed by atoms with Crippen LogP contribution >= 0.6 is 35.0 Å². The molecule has 0 amide bonds. The van der Waals surface area contributed by atoms with Gasteiger partial charge in [0.25, 0.3) is 4.86 Å². The van der Waals surface area contributed by atoms with Crippen LogP contribution in [0.5, 0.6) is 0 Å². The van der Waals surface area contributed by atoms with E-state index in [-0.39, 0.29) is 80.2 Å². The molecule has 0 fully saturated rings. The first-order valence-electron chi connectivity index (χ1n) is 10.5. The smallest absolute Gasteiger partial charge is 1.00 e. The molecule has 0 spiro atoms. The number of allylic oxidation sites excluding steroid dienone is 4. The summed E-state index contributed by atoms with van der Waals surface area (Å²) in [5.41, 5.74) is 10.2. The summed E-state index contributed by atoms with van der Waals surface area (Å²) >= 11 is 15.5. The number of rotatable bonds is 8. The number of aliphatic imine (C=N–C) groups is 2. The van der Waals surface area contributed by atoms with E-state index in [0.717, 1.165) is 53.8 Å². The molecule has 0 atom stereocenters. The van der Waals surface area contributed by atoms with E-state index in [1.807, 2.05) is 97.8 Å². The van der Waals surface area contributed by atoms with Gasteiger partial charge in [-0.2, -0.15) is 11.8 Å². The number of hydrogen-bond acceptors (Lipinski definition) is 3. The summed E-state index contributed by atoms with van der Waals surface area (Å²) in [5, 5.41) is 1.44. The Balaban J connectivity index is 0.00000342. The molecule has 2 aliphatic carbocycles. The van der Waals surface area contributed by atoms with E-state index in [2.05, 4.69) is 21.4 Å². The third-order valence-corrected chi connectivity index (χ3v) is 7.51. The Kier molecular flexibility index (Phi) is 20.3. The standard InChI is InChI=1S/C28H20Cl2N2S2.2ClH.2Hg/c29-23-13-9-21(10-14-23)19-31-25-5-1-3-7-27(25)33-17-18-34-28-8-4-2-6-26(28)32-20-22-11-15-24(30)16-12-22;;;;/h1-2,5-16,19-20H,17-18H2;2*1H;;/q;;;2*+1/p-2. The van der Waals surface area contributed by atoms with Gasteiger partial charge in [-0.05, 0) is 53.2 Å². The molecule has 0 saturated heterocycles. The summed E-state index contributed by atoms with van der Waals surface area (Å²) in [6.07, 6.45) is 15.4. The van der Waals surface area contributed by atoms with Crippen molar-refractivity contribution in [1.82, 2.24) is 0 Å². The SMILES string of the molecule is Clc1ccc(C=NC2=CC=C=CC2=[S+]CCSC2=C(N=Cc3ccc(Cl)cc3)[CH-]C=C=C2)cc1.[Cl-].[Cl-].[Hg+].[Hg+]. The van der Waals surface area contributed by atoms with Gasteiger partial charge in [0, 0.05) is 34.3 Å². The van der Waals surface area contributed by atoms with Gasteiger partial charge in [0.1, 0.15) is 5.70 Å². The van der Waals surface area contributed by atoms with Gasteiger partial charge in [0.05, 0.1) is 0 Å².